The van der Waals surface area contributed by atoms with Crippen molar-refractivity contribution >= 4 is 22.8 Å². The van der Waals surface area contributed by atoms with E-state index in [0.717, 1.165) is 74.9 Å². The number of aryl methyl sites for hydroxylation is 1. The summed E-state index contributed by atoms with van der Waals surface area (Å²) in [5.41, 5.74) is 0.898. The van der Waals surface area contributed by atoms with E-state index in [4.69, 9.17) is 4.74 Å². The minimum atomic E-state index is 0.150. The molecule has 0 saturated carbocycles. The van der Waals surface area contributed by atoms with Crippen LogP contribution >= 0.6 is 0 Å². The van der Waals surface area contributed by atoms with Gasteiger partial charge in [-0.15, -0.1) is 0 Å². The van der Waals surface area contributed by atoms with Gasteiger partial charge in [-0.25, -0.2) is 14.6 Å². The minimum absolute atomic E-state index is 0.150. The standard InChI is InChI=1S/C17H24N6O2/c1-12-19-16(22-7-9-25-10-8-22)15-11-18-23(17(15)20-12)14-3-5-21(6-4-14)13(2)24/h11,14H,3-10H2,1-2H3. The maximum absolute atomic E-state index is 11.5. The van der Waals surface area contributed by atoms with Crippen LogP contribution in [-0.2, 0) is 9.53 Å². The molecule has 4 rings (SSSR count). The van der Waals surface area contributed by atoms with Crippen LogP contribution in [0.4, 0.5) is 5.82 Å². The topological polar surface area (TPSA) is 76.4 Å². The van der Waals surface area contributed by atoms with Crippen molar-refractivity contribution in [2.75, 3.05) is 44.3 Å². The highest BCUT2D eigenvalue weighted by Crippen LogP contribution is 2.29. The van der Waals surface area contributed by atoms with E-state index in [2.05, 4.69) is 20.0 Å². The first-order valence-electron chi connectivity index (χ1n) is 8.93. The van der Waals surface area contributed by atoms with Crippen LogP contribution in [0, 0.1) is 6.92 Å². The van der Waals surface area contributed by atoms with Crippen LogP contribution in [-0.4, -0.2) is 69.9 Å². The number of anilines is 1. The second-order valence-corrected chi connectivity index (χ2v) is 6.76. The van der Waals surface area contributed by atoms with E-state index in [1.165, 1.54) is 0 Å². The lowest BCUT2D eigenvalue weighted by Gasteiger charge is -2.31. The van der Waals surface area contributed by atoms with Gasteiger partial charge in [-0.2, -0.15) is 5.10 Å². The summed E-state index contributed by atoms with van der Waals surface area (Å²) in [6, 6.07) is 0.278. The normalized spacial score (nSPS) is 19.6. The molecule has 8 nitrogen and oxygen atoms in total. The molecule has 0 spiro atoms. The molecule has 2 aliphatic rings. The molecule has 1 amide bonds. The van der Waals surface area contributed by atoms with Crippen molar-refractivity contribution in [1.29, 1.82) is 0 Å². The zero-order valence-electron chi connectivity index (χ0n) is 14.8. The van der Waals surface area contributed by atoms with Gasteiger partial charge in [0, 0.05) is 33.1 Å². The van der Waals surface area contributed by atoms with Crippen molar-refractivity contribution in [1.82, 2.24) is 24.6 Å². The van der Waals surface area contributed by atoms with Gasteiger partial charge in [-0.1, -0.05) is 0 Å². The van der Waals surface area contributed by atoms with Crippen molar-refractivity contribution in [3.05, 3.63) is 12.0 Å². The Morgan fingerprint density at radius 2 is 1.88 bits per heavy atom. The molecule has 0 atom stereocenters. The van der Waals surface area contributed by atoms with Crippen LogP contribution < -0.4 is 4.90 Å². The van der Waals surface area contributed by atoms with Gasteiger partial charge < -0.3 is 14.5 Å². The summed E-state index contributed by atoms with van der Waals surface area (Å²) in [6.45, 7) is 8.25. The molecule has 2 saturated heterocycles. The van der Waals surface area contributed by atoms with Crippen LogP contribution in [0.5, 0.6) is 0 Å². The second kappa shape index (κ2) is 6.59. The van der Waals surface area contributed by atoms with Crippen molar-refractivity contribution < 1.29 is 9.53 Å². The van der Waals surface area contributed by atoms with Crippen LogP contribution in [0.3, 0.4) is 0 Å². The first-order chi connectivity index (χ1) is 12.1. The zero-order valence-corrected chi connectivity index (χ0v) is 14.8. The number of hydrogen-bond donors (Lipinski definition) is 0. The molecule has 0 N–H and O–H groups in total. The third-order valence-corrected chi connectivity index (χ3v) is 5.11. The van der Waals surface area contributed by atoms with E-state index in [1.54, 1.807) is 6.92 Å². The summed E-state index contributed by atoms with van der Waals surface area (Å²) < 4.78 is 7.49. The maximum Gasteiger partial charge on any atom is 0.219 e. The van der Waals surface area contributed by atoms with Gasteiger partial charge in [0.25, 0.3) is 0 Å². The van der Waals surface area contributed by atoms with Crippen LogP contribution in [0.15, 0.2) is 6.20 Å². The Balaban J connectivity index is 1.65. The summed E-state index contributed by atoms with van der Waals surface area (Å²) in [7, 11) is 0. The molecule has 134 valence electrons. The van der Waals surface area contributed by atoms with E-state index >= 15 is 0 Å². The highest BCUT2D eigenvalue weighted by atomic mass is 16.5. The molecule has 0 aliphatic carbocycles. The Labute approximate surface area is 146 Å². The molecule has 0 bridgehead atoms. The van der Waals surface area contributed by atoms with E-state index < -0.39 is 0 Å². The molecule has 2 aromatic rings. The number of hydrogen-bond acceptors (Lipinski definition) is 6. The number of amides is 1. The third kappa shape index (κ3) is 3.06. The Hall–Kier alpha value is -2.22. The van der Waals surface area contributed by atoms with Gasteiger partial charge in [0.2, 0.25) is 5.91 Å². The predicted octanol–water partition coefficient (Wildman–Crippen LogP) is 1.15. The van der Waals surface area contributed by atoms with Gasteiger partial charge in [0.05, 0.1) is 30.8 Å². The highest BCUT2D eigenvalue weighted by Gasteiger charge is 2.26. The number of aromatic nitrogens is 4. The zero-order chi connectivity index (χ0) is 17.4. The minimum Gasteiger partial charge on any atom is -0.378 e. The third-order valence-electron chi connectivity index (χ3n) is 5.11. The van der Waals surface area contributed by atoms with Gasteiger partial charge >= 0.3 is 0 Å². The average molecular weight is 344 g/mol. The molecular formula is C17H24N6O2. The van der Waals surface area contributed by atoms with Gasteiger partial charge in [-0.3, -0.25) is 4.79 Å². The molecule has 4 heterocycles. The Morgan fingerprint density at radius 1 is 1.16 bits per heavy atom. The fraction of sp³-hybridized carbons (Fsp3) is 0.647. The number of carbonyl (C=O) groups is 1. The summed E-state index contributed by atoms with van der Waals surface area (Å²) in [5.74, 6) is 1.87. The van der Waals surface area contributed by atoms with Gasteiger partial charge in [0.15, 0.2) is 5.65 Å². The molecule has 0 radical (unpaired) electrons. The number of morpholine rings is 1. The fourth-order valence-electron chi connectivity index (χ4n) is 3.73. The van der Waals surface area contributed by atoms with Crippen LogP contribution in [0.25, 0.3) is 11.0 Å². The molecule has 2 aliphatic heterocycles. The lowest BCUT2D eigenvalue weighted by atomic mass is 10.1. The van der Waals surface area contributed by atoms with Crippen molar-refractivity contribution in [3.63, 3.8) is 0 Å². The van der Waals surface area contributed by atoms with Crippen molar-refractivity contribution in [3.8, 4) is 0 Å². The summed E-state index contributed by atoms with van der Waals surface area (Å²) >= 11 is 0. The maximum atomic E-state index is 11.5. The Kier molecular flexibility index (Phi) is 4.29. The summed E-state index contributed by atoms with van der Waals surface area (Å²) in [4.78, 5) is 25.0. The Morgan fingerprint density at radius 3 is 2.56 bits per heavy atom. The Bertz CT molecular complexity index is 775. The molecule has 2 aromatic heterocycles. The highest BCUT2D eigenvalue weighted by molar-refractivity contribution is 5.87. The predicted molar refractivity (Wildman–Crippen MR) is 93.6 cm³/mol. The number of likely N-dealkylation sites (tertiary alicyclic amines) is 1. The van der Waals surface area contributed by atoms with E-state index in [-0.39, 0.29) is 11.9 Å². The van der Waals surface area contributed by atoms with E-state index in [0.29, 0.717) is 0 Å². The first kappa shape index (κ1) is 16.3. The SMILES string of the molecule is CC(=O)N1CCC(n2ncc3c(N4CCOCC4)nc(C)nc32)CC1. The summed E-state index contributed by atoms with van der Waals surface area (Å²) in [6.07, 6.45) is 3.70. The molecule has 0 unspecified atom stereocenters. The van der Waals surface area contributed by atoms with Gasteiger partial charge in [0.1, 0.15) is 11.6 Å². The second-order valence-electron chi connectivity index (χ2n) is 6.76. The molecule has 2 fully saturated rings. The molecular weight excluding hydrogens is 320 g/mol. The summed E-state index contributed by atoms with van der Waals surface area (Å²) in [5, 5.41) is 5.64. The quantitative estimate of drug-likeness (QED) is 0.814. The monoisotopic (exact) mass is 344 g/mol. The van der Waals surface area contributed by atoms with Gasteiger partial charge in [-0.05, 0) is 19.8 Å². The number of ether oxygens (including phenoxy) is 1. The average Bonchev–Trinajstić information content (AvgIpc) is 3.05. The smallest absolute Gasteiger partial charge is 0.219 e. The lowest BCUT2D eigenvalue weighted by molar-refractivity contribution is -0.130. The van der Waals surface area contributed by atoms with Crippen molar-refractivity contribution in [2.24, 2.45) is 0 Å². The molecule has 0 aromatic carbocycles. The number of carbonyl (C=O) groups excluding carboxylic acids is 1. The van der Waals surface area contributed by atoms with E-state index in [9.17, 15) is 4.79 Å². The number of nitrogens with zero attached hydrogens (tertiary/aromatic N) is 6. The molecule has 25 heavy (non-hydrogen) atoms. The largest absolute Gasteiger partial charge is 0.378 e. The van der Waals surface area contributed by atoms with E-state index in [1.807, 2.05) is 22.7 Å². The number of piperidine rings is 1. The molecule has 8 heteroatoms. The number of fused-ring (bicyclic) bond motifs is 1. The number of rotatable bonds is 2. The lowest BCUT2D eigenvalue weighted by Crippen LogP contribution is -2.38. The first-order valence-corrected chi connectivity index (χ1v) is 8.93. The van der Waals surface area contributed by atoms with Crippen LogP contribution in [0.2, 0.25) is 0 Å². The van der Waals surface area contributed by atoms with Crippen molar-refractivity contribution in [2.45, 2.75) is 32.7 Å². The fourth-order valence-corrected chi connectivity index (χ4v) is 3.73. The van der Waals surface area contributed by atoms with Crippen LogP contribution in [0.1, 0.15) is 31.6 Å².